The van der Waals surface area contributed by atoms with Gasteiger partial charge in [0.25, 0.3) is 0 Å². The first-order valence-corrected chi connectivity index (χ1v) is 8.32. The highest BCUT2D eigenvalue weighted by atomic mass is 32.1. The van der Waals surface area contributed by atoms with Crippen LogP contribution in [0.2, 0.25) is 0 Å². The van der Waals surface area contributed by atoms with E-state index in [0.29, 0.717) is 0 Å². The van der Waals surface area contributed by atoms with Crippen LogP contribution in [-0.4, -0.2) is 28.2 Å². The fourth-order valence-corrected chi connectivity index (χ4v) is 3.45. The molecule has 1 aliphatic heterocycles. The molecule has 0 bridgehead atoms. The van der Waals surface area contributed by atoms with Crippen molar-refractivity contribution in [2.75, 3.05) is 7.05 Å². The molecule has 5 nitrogen and oxygen atoms in total. The normalized spacial score (nSPS) is 20.4. The lowest BCUT2D eigenvalue weighted by molar-refractivity contribution is -0.128. The maximum Gasteiger partial charge on any atom is 0.231 e. The van der Waals surface area contributed by atoms with Crippen LogP contribution in [0.4, 0.5) is 0 Å². The Kier molecular flexibility index (Phi) is 4.12. The first-order chi connectivity index (χ1) is 11.4. The number of amides is 1. The van der Waals surface area contributed by atoms with Gasteiger partial charge in [0, 0.05) is 18.2 Å². The van der Waals surface area contributed by atoms with Crippen LogP contribution >= 0.6 is 11.5 Å². The number of nitrogens with zero attached hydrogens (tertiary/aromatic N) is 3. The number of nitrogens with two attached hydrogens (primary N) is 1. The van der Waals surface area contributed by atoms with E-state index in [9.17, 15) is 4.79 Å². The van der Waals surface area contributed by atoms with E-state index >= 15 is 0 Å². The third-order valence-corrected chi connectivity index (χ3v) is 5.09. The van der Waals surface area contributed by atoms with Crippen molar-refractivity contribution >= 4 is 23.4 Å². The summed E-state index contributed by atoms with van der Waals surface area (Å²) in [6.45, 7) is 3.73. The van der Waals surface area contributed by atoms with Gasteiger partial charge in [-0.05, 0) is 43.6 Å². The quantitative estimate of drug-likeness (QED) is 0.856. The Morgan fingerprint density at radius 1 is 1.38 bits per heavy atom. The van der Waals surface area contributed by atoms with Crippen LogP contribution in [0.5, 0.6) is 0 Å². The van der Waals surface area contributed by atoms with Crippen molar-refractivity contribution in [2.24, 2.45) is 10.7 Å². The molecule has 1 amide bonds. The third-order valence-electron chi connectivity index (χ3n) is 4.04. The Bertz CT molecular complexity index is 890. The average molecular weight is 338 g/mol. The molecule has 0 radical (unpaired) electrons. The van der Waals surface area contributed by atoms with Crippen molar-refractivity contribution in [1.82, 2.24) is 9.27 Å². The van der Waals surface area contributed by atoms with Crippen molar-refractivity contribution in [2.45, 2.75) is 25.8 Å². The summed E-state index contributed by atoms with van der Waals surface area (Å²) >= 11 is 1.35. The predicted octanol–water partition coefficient (Wildman–Crippen LogP) is 2.57. The molecule has 2 aromatic rings. The van der Waals surface area contributed by atoms with Crippen LogP contribution in [0.1, 0.15) is 30.7 Å². The smallest absolute Gasteiger partial charge is 0.231 e. The molecule has 0 spiro atoms. The molecule has 0 saturated carbocycles. The fraction of sp³-hybridized carbons (Fsp3) is 0.278. The summed E-state index contributed by atoms with van der Waals surface area (Å²) in [5.74, 6) is 6.14. The number of carbonyl (C=O) groups is 1. The first-order valence-electron chi connectivity index (χ1n) is 7.55. The van der Waals surface area contributed by atoms with E-state index in [-0.39, 0.29) is 18.3 Å². The summed E-state index contributed by atoms with van der Waals surface area (Å²) in [6.07, 6.45) is 0.285. The van der Waals surface area contributed by atoms with E-state index < -0.39 is 5.54 Å². The van der Waals surface area contributed by atoms with Crippen LogP contribution in [0.15, 0.2) is 35.3 Å². The second-order valence-electron chi connectivity index (χ2n) is 5.91. The SMILES string of the molecule is CC#Cc1cccc(-c2cc([C@]3(C)CC(=O)N(C)C(N)=N3)sn2)c1. The van der Waals surface area contributed by atoms with Gasteiger partial charge in [0.2, 0.25) is 5.91 Å². The molecule has 1 atom stereocenters. The molecular formula is C18H18N4OS. The number of aliphatic imine (C=N–C) groups is 1. The van der Waals surface area contributed by atoms with Gasteiger partial charge in [0.1, 0.15) is 5.54 Å². The number of hydrogen-bond donors (Lipinski definition) is 1. The van der Waals surface area contributed by atoms with E-state index in [1.165, 1.54) is 16.4 Å². The fourth-order valence-electron chi connectivity index (χ4n) is 2.62. The molecule has 0 unspecified atom stereocenters. The maximum absolute atomic E-state index is 12.1. The van der Waals surface area contributed by atoms with Crippen molar-refractivity contribution in [3.8, 4) is 23.1 Å². The van der Waals surface area contributed by atoms with Crippen LogP contribution in [-0.2, 0) is 10.3 Å². The van der Waals surface area contributed by atoms with Crippen LogP contribution in [0, 0.1) is 11.8 Å². The number of carbonyl (C=O) groups excluding carboxylic acids is 1. The standard InChI is InChI=1S/C18H18N4OS/c1-4-6-12-7-5-8-13(9-12)14-10-15(24-21-14)18(2)11-16(23)22(3)17(19)20-18/h5,7-10H,11H2,1-3H3,(H2,19,20)/t18-/m0/s1. The topological polar surface area (TPSA) is 71.6 Å². The van der Waals surface area contributed by atoms with Crippen LogP contribution in [0.3, 0.4) is 0 Å². The lowest BCUT2D eigenvalue weighted by Crippen LogP contribution is -2.47. The molecule has 1 aromatic heterocycles. The summed E-state index contributed by atoms with van der Waals surface area (Å²) in [7, 11) is 1.64. The van der Waals surface area contributed by atoms with Gasteiger partial charge in [0.15, 0.2) is 5.96 Å². The molecule has 1 aliphatic rings. The Morgan fingerprint density at radius 3 is 2.88 bits per heavy atom. The minimum atomic E-state index is -0.662. The Hall–Kier alpha value is -2.65. The molecule has 24 heavy (non-hydrogen) atoms. The summed E-state index contributed by atoms with van der Waals surface area (Å²) in [4.78, 5) is 18.9. The number of guanidine groups is 1. The zero-order valence-corrected chi connectivity index (χ0v) is 14.6. The van der Waals surface area contributed by atoms with Gasteiger partial charge in [-0.2, -0.15) is 4.37 Å². The van der Waals surface area contributed by atoms with E-state index in [0.717, 1.165) is 21.7 Å². The molecule has 2 N–H and O–H groups in total. The molecule has 2 heterocycles. The summed E-state index contributed by atoms with van der Waals surface area (Å²) in [6, 6.07) is 9.92. The summed E-state index contributed by atoms with van der Waals surface area (Å²) in [5.41, 5.74) is 8.02. The molecule has 0 fully saturated rings. The van der Waals surface area contributed by atoms with Gasteiger partial charge in [-0.15, -0.1) is 5.92 Å². The summed E-state index contributed by atoms with van der Waals surface area (Å²) < 4.78 is 4.54. The highest BCUT2D eigenvalue weighted by molar-refractivity contribution is 7.06. The van der Waals surface area contributed by atoms with Crippen molar-refractivity contribution < 1.29 is 4.79 Å². The largest absolute Gasteiger partial charge is 0.369 e. The first kappa shape index (κ1) is 16.2. The number of rotatable bonds is 2. The second kappa shape index (κ2) is 6.10. The molecule has 3 rings (SSSR count). The molecular weight excluding hydrogens is 320 g/mol. The maximum atomic E-state index is 12.1. The van der Waals surface area contributed by atoms with Gasteiger partial charge in [-0.3, -0.25) is 9.69 Å². The van der Waals surface area contributed by atoms with Crippen molar-refractivity contribution in [3.63, 3.8) is 0 Å². The highest BCUT2D eigenvalue weighted by Gasteiger charge is 2.37. The number of benzene rings is 1. The monoisotopic (exact) mass is 338 g/mol. The average Bonchev–Trinajstić information content (AvgIpc) is 3.04. The number of aromatic nitrogens is 1. The lowest BCUT2D eigenvalue weighted by Gasteiger charge is -2.32. The van der Waals surface area contributed by atoms with Gasteiger partial charge in [-0.25, -0.2) is 4.99 Å². The van der Waals surface area contributed by atoms with Crippen molar-refractivity contribution in [1.29, 1.82) is 0 Å². The molecule has 0 saturated heterocycles. The zero-order chi connectivity index (χ0) is 17.3. The number of hydrogen-bond acceptors (Lipinski definition) is 5. The van der Waals surface area contributed by atoms with Gasteiger partial charge in [-0.1, -0.05) is 18.1 Å². The van der Waals surface area contributed by atoms with Gasteiger partial charge >= 0.3 is 0 Å². The van der Waals surface area contributed by atoms with Gasteiger partial charge in [0.05, 0.1) is 17.0 Å². The molecule has 122 valence electrons. The van der Waals surface area contributed by atoms with Gasteiger partial charge < -0.3 is 5.73 Å². The predicted molar refractivity (Wildman–Crippen MR) is 96.5 cm³/mol. The van der Waals surface area contributed by atoms with Crippen molar-refractivity contribution in [3.05, 3.63) is 40.8 Å². The van der Waals surface area contributed by atoms with Crippen LogP contribution in [0.25, 0.3) is 11.3 Å². The third kappa shape index (κ3) is 2.91. The minimum Gasteiger partial charge on any atom is -0.369 e. The lowest BCUT2D eigenvalue weighted by atomic mass is 9.93. The molecule has 0 aliphatic carbocycles. The van der Waals surface area contributed by atoms with Crippen LogP contribution < -0.4 is 5.73 Å². The molecule has 6 heteroatoms. The second-order valence-corrected chi connectivity index (χ2v) is 6.71. The summed E-state index contributed by atoms with van der Waals surface area (Å²) in [5, 5.41) is 0. The Labute approximate surface area is 145 Å². The minimum absolute atomic E-state index is 0.0415. The Morgan fingerprint density at radius 2 is 2.17 bits per heavy atom. The highest BCUT2D eigenvalue weighted by Crippen LogP contribution is 2.37. The van der Waals surface area contributed by atoms with E-state index in [2.05, 4.69) is 21.2 Å². The van der Waals surface area contributed by atoms with E-state index in [1.54, 1.807) is 7.05 Å². The van der Waals surface area contributed by atoms with E-state index in [1.807, 2.05) is 44.2 Å². The Balaban J connectivity index is 1.97. The van der Waals surface area contributed by atoms with E-state index in [4.69, 9.17) is 5.73 Å². The molecule has 1 aromatic carbocycles. The zero-order valence-electron chi connectivity index (χ0n) is 13.8.